The first kappa shape index (κ1) is 18.2. The lowest BCUT2D eigenvalue weighted by Gasteiger charge is -2.44. The standard InChI is InChI=1S/C18H26N2O4S/c1-13(2)10-19-7-8-20(17-12-25(22,23)11-16(17)19)18(21)14-5-4-6-15(9-14)24-3/h4-6,9,13,16-17H,7-8,10-12H2,1-3H3/t16-,17+/m0/s1. The number of piperazine rings is 1. The Balaban J connectivity index is 1.86. The number of methoxy groups -OCH3 is 1. The van der Waals surface area contributed by atoms with Crippen LogP contribution < -0.4 is 4.74 Å². The predicted molar refractivity (Wildman–Crippen MR) is 96.7 cm³/mol. The van der Waals surface area contributed by atoms with Gasteiger partial charge in [0.15, 0.2) is 9.84 Å². The summed E-state index contributed by atoms with van der Waals surface area (Å²) < 4.78 is 29.7. The molecular weight excluding hydrogens is 340 g/mol. The smallest absolute Gasteiger partial charge is 0.254 e. The number of sulfone groups is 1. The predicted octanol–water partition coefficient (Wildman–Crippen LogP) is 1.27. The fourth-order valence-corrected chi connectivity index (χ4v) is 5.91. The molecule has 2 fully saturated rings. The molecule has 25 heavy (non-hydrogen) atoms. The molecule has 2 heterocycles. The number of hydrogen-bond donors (Lipinski definition) is 0. The number of rotatable bonds is 4. The minimum Gasteiger partial charge on any atom is -0.497 e. The van der Waals surface area contributed by atoms with Gasteiger partial charge >= 0.3 is 0 Å². The van der Waals surface area contributed by atoms with Crippen molar-refractivity contribution in [3.8, 4) is 5.75 Å². The Morgan fingerprint density at radius 2 is 1.96 bits per heavy atom. The maximum absolute atomic E-state index is 13.0. The minimum atomic E-state index is -3.12. The fourth-order valence-electron chi connectivity index (χ4n) is 3.89. The van der Waals surface area contributed by atoms with Gasteiger partial charge in [-0.2, -0.15) is 0 Å². The zero-order valence-corrected chi connectivity index (χ0v) is 15.8. The molecule has 0 bridgehead atoms. The van der Waals surface area contributed by atoms with E-state index >= 15 is 0 Å². The topological polar surface area (TPSA) is 66.9 Å². The molecule has 1 amide bonds. The highest BCUT2D eigenvalue weighted by atomic mass is 32.2. The van der Waals surface area contributed by atoms with E-state index in [2.05, 4.69) is 18.7 Å². The van der Waals surface area contributed by atoms with Crippen molar-refractivity contribution in [3.05, 3.63) is 29.8 Å². The van der Waals surface area contributed by atoms with E-state index in [0.717, 1.165) is 6.54 Å². The van der Waals surface area contributed by atoms with E-state index < -0.39 is 9.84 Å². The second-order valence-electron chi connectivity index (χ2n) is 7.33. The summed E-state index contributed by atoms with van der Waals surface area (Å²) in [6.07, 6.45) is 0. The molecule has 2 aliphatic heterocycles. The van der Waals surface area contributed by atoms with Crippen LogP contribution in [0.4, 0.5) is 0 Å². The average molecular weight is 366 g/mol. The minimum absolute atomic E-state index is 0.0575. The van der Waals surface area contributed by atoms with Crippen LogP contribution in [-0.4, -0.2) is 74.5 Å². The molecule has 0 unspecified atom stereocenters. The van der Waals surface area contributed by atoms with E-state index in [1.165, 1.54) is 0 Å². The van der Waals surface area contributed by atoms with E-state index in [1.54, 1.807) is 36.3 Å². The molecule has 0 saturated carbocycles. The highest BCUT2D eigenvalue weighted by molar-refractivity contribution is 7.91. The average Bonchev–Trinajstić information content (AvgIpc) is 2.89. The van der Waals surface area contributed by atoms with Crippen molar-refractivity contribution in [2.45, 2.75) is 25.9 Å². The van der Waals surface area contributed by atoms with Gasteiger partial charge in [0.25, 0.3) is 5.91 Å². The third-order valence-electron chi connectivity index (χ3n) is 4.97. The lowest BCUT2D eigenvalue weighted by atomic mass is 10.0. The molecule has 0 spiro atoms. The van der Waals surface area contributed by atoms with Gasteiger partial charge in [0, 0.05) is 31.2 Å². The van der Waals surface area contributed by atoms with Crippen molar-refractivity contribution in [3.63, 3.8) is 0 Å². The zero-order valence-electron chi connectivity index (χ0n) is 15.0. The molecule has 0 aliphatic carbocycles. The van der Waals surface area contributed by atoms with Crippen molar-refractivity contribution in [1.82, 2.24) is 9.80 Å². The molecule has 138 valence electrons. The molecule has 2 aliphatic rings. The van der Waals surface area contributed by atoms with Crippen LogP contribution >= 0.6 is 0 Å². The highest BCUT2D eigenvalue weighted by Crippen LogP contribution is 2.29. The lowest BCUT2D eigenvalue weighted by molar-refractivity contribution is 0.0297. The van der Waals surface area contributed by atoms with E-state index in [0.29, 0.717) is 30.3 Å². The van der Waals surface area contributed by atoms with Crippen LogP contribution in [0.5, 0.6) is 5.75 Å². The number of amides is 1. The lowest BCUT2D eigenvalue weighted by Crippen LogP contribution is -2.61. The SMILES string of the molecule is COc1cccc(C(=O)N2CCN(CC(C)C)[C@H]3CS(=O)(=O)C[C@H]32)c1. The highest BCUT2D eigenvalue weighted by Gasteiger charge is 2.48. The quantitative estimate of drug-likeness (QED) is 0.803. The maximum atomic E-state index is 13.0. The van der Waals surface area contributed by atoms with E-state index in [9.17, 15) is 13.2 Å². The Bertz CT molecular complexity index is 747. The first-order valence-corrected chi connectivity index (χ1v) is 10.5. The van der Waals surface area contributed by atoms with E-state index in [1.807, 2.05) is 0 Å². The van der Waals surface area contributed by atoms with Gasteiger partial charge in [-0.25, -0.2) is 8.42 Å². The summed E-state index contributed by atoms with van der Waals surface area (Å²) in [5.41, 5.74) is 0.541. The number of fused-ring (bicyclic) bond motifs is 1. The number of benzene rings is 1. The summed E-state index contributed by atoms with van der Waals surface area (Å²) in [4.78, 5) is 17.0. The van der Waals surface area contributed by atoms with Crippen molar-refractivity contribution < 1.29 is 17.9 Å². The third-order valence-corrected chi connectivity index (χ3v) is 6.67. The van der Waals surface area contributed by atoms with Crippen LogP contribution in [0.2, 0.25) is 0 Å². The van der Waals surface area contributed by atoms with Crippen molar-refractivity contribution in [2.75, 3.05) is 38.2 Å². The molecule has 6 nitrogen and oxygen atoms in total. The number of carbonyl (C=O) groups is 1. The first-order chi connectivity index (χ1) is 11.8. The van der Waals surface area contributed by atoms with Gasteiger partial charge in [-0.15, -0.1) is 0 Å². The molecule has 0 N–H and O–H groups in total. The molecule has 7 heteroatoms. The Morgan fingerprint density at radius 3 is 2.64 bits per heavy atom. The summed E-state index contributed by atoms with van der Waals surface area (Å²) >= 11 is 0. The van der Waals surface area contributed by atoms with Gasteiger partial charge in [-0.1, -0.05) is 19.9 Å². The Labute approximate surface area is 149 Å². The molecule has 2 atom stereocenters. The van der Waals surface area contributed by atoms with Gasteiger partial charge in [-0.05, 0) is 24.1 Å². The molecular formula is C18H26N2O4S. The Morgan fingerprint density at radius 1 is 1.24 bits per heavy atom. The summed E-state index contributed by atoms with van der Waals surface area (Å²) in [7, 11) is -1.56. The Hall–Kier alpha value is -1.60. The van der Waals surface area contributed by atoms with Crippen LogP contribution in [0, 0.1) is 5.92 Å². The number of nitrogens with zero attached hydrogens (tertiary/aromatic N) is 2. The summed E-state index contributed by atoms with van der Waals surface area (Å²) in [5, 5.41) is 0. The zero-order chi connectivity index (χ0) is 18.2. The Kier molecular flexibility index (Phi) is 5.06. The van der Waals surface area contributed by atoms with Gasteiger partial charge in [0.2, 0.25) is 0 Å². The number of ether oxygens (including phenoxy) is 1. The van der Waals surface area contributed by atoms with Crippen molar-refractivity contribution in [1.29, 1.82) is 0 Å². The summed E-state index contributed by atoms with van der Waals surface area (Å²) in [5.74, 6) is 1.17. The maximum Gasteiger partial charge on any atom is 0.254 e. The van der Waals surface area contributed by atoms with E-state index in [-0.39, 0.29) is 29.5 Å². The first-order valence-electron chi connectivity index (χ1n) is 8.70. The molecule has 2 saturated heterocycles. The molecule has 1 aromatic carbocycles. The van der Waals surface area contributed by atoms with Crippen LogP contribution in [0.1, 0.15) is 24.2 Å². The fraction of sp³-hybridized carbons (Fsp3) is 0.611. The van der Waals surface area contributed by atoms with Gasteiger partial charge in [0.1, 0.15) is 5.75 Å². The molecule has 1 aromatic rings. The molecule has 3 rings (SSSR count). The summed E-state index contributed by atoms with van der Waals surface area (Å²) in [6, 6.07) is 6.67. The largest absolute Gasteiger partial charge is 0.497 e. The molecule has 0 radical (unpaired) electrons. The number of carbonyl (C=O) groups excluding carboxylic acids is 1. The normalized spacial score (nSPS) is 25.8. The van der Waals surface area contributed by atoms with Gasteiger partial charge in [0.05, 0.1) is 24.7 Å². The van der Waals surface area contributed by atoms with Crippen LogP contribution in [0.25, 0.3) is 0 Å². The second-order valence-corrected chi connectivity index (χ2v) is 9.48. The van der Waals surface area contributed by atoms with E-state index in [4.69, 9.17) is 4.74 Å². The summed E-state index contributed by atoms with van der Waals surface area (Å²) in [6.45, 7) is 6.39. The van der Waals surface area contributed by atoms with Gasteiger partial charge < -0.3 is 9.64 Å². The van der Waals surface area contributed by atoms with Crippen LogP contribution in [0.15, 0.2) is 24.3 Å². The van der Waals surface area contributed by atoms with Crippen LogP contribution in [0.3, 0.4) is 0 Å². The van der Waals surface area contributed by atoms with Crippen molar-refractivity contribution >= 4 is 15.7 Å². The van der Waals surface area contributed by atoms with Crippen LogP contribution in [-0.2, 0) is 9.84 Å². The second kappa shape index (κ2) is 6.96. The molecule has 0 aromatic heterocycles. The number of hydrogen-bond acceptors (Lipinski definition) is 5. The van der Waals surface area contributed by atoms with Crippen molar-refractivity contribution in [2.24, 2.45) is 5.92 Å². The monoisotopic (exact) mass is 366 g/mol. The van der Waals surface area contributed by atoms with Gasteiger partial charge in [-0.3, -0.25) is 9.69 Å². The third kappa shape index (κ3) is 3.82.